The monoisotopic (exact) mass is 379 g/mol. The average molecular weight is 380 g/mol. The molecule has 0 aliphatic heterocycles. The largest absolute Gasteiger partial charge is 0.481 e. The SMILES string of the molecule is Cc1c(C(=O)NC(C)CCC(=O)O)cnn1-c1ccc(Br)cc1. The predicted molar refractivity (Wildman–Crippen MR) is 89.8 cm³/mol. The van der Waals surface area contributed by atoms with Gasteiger partial charge in [0.25, 0.3) is 5.91 Å². The van der Waals surface area contributed by atoms with Crippen molar-refractivity contribution in [2.24, 2.45) is 0 Å². The molecular formula is C16H18BrN3O3. The molecule has 0 saturated heterocycles. The van der Waals surface area contributed by atoms with Crippen molar-refractivity contribution in [1.82, 2.24) is 15.1 Å². The Kier molecular flexibility index (Phi) is 5.54. The number of benzene rings is 1. The molecule has 0 radical (unpaired) electrons. The Morgan fingerprint density at radius 2 is 2.00 bits per heavy atom. The van der Waals surface area contributed by atoms with E-state index in [1.807, 2.05) is 31.2 Å². The van der Waals surface area contributed by atoms with E-state index in [4.69, 9.17) is 5.11 Å². The minimum atomic E-state index is -0.870. The molecular weight excluding hydrogens is 362 g/mol. The van der Waals surface area contributed by atoms with Gasteiger partial charge in [0, 0.05) is 16.9 Å². The fourth-order valence-corrected chi connectivity index (χ4v) is 2.45. The van der Waals surface area contributed by atoms with E-state index >= 15 is 0 Å². The highest BCUT2D eigenvalue weighted by molar-refractivity contribution is 9.10. The molecule has 0 bridgehead atoms. The van der Waals surface area contributed by atoms with E-state index in [0.29, 0.717) is 12.0 Å². The number of nitrogens with zero attached hydrogens (tertiary/aromatic N) is 2. The summed E-state index contributed by atoms with van der Waals surface area (Å²) < 4.78 is 2.67. The van der Waals surface area contributed by atoms with Crippen molar-refractivity contribution in [2.45, 2.75) is 32.7 Å². The highest BCUT2D eigenvalue weighted by Crippen LogP contribution is 2.17. The first-order valence-corrected chi connectivity index (χ1v) is 8.01. The summed E-state index contributed by atoms with van der Waals surface area (Å²) in [5.41, 5.74) is 2.08. The van der Waals surface area contributed by atoms with Gasteiger partial charge in [-0.25, -0.2) is 4.68 Å². The zero-order chi connectivity index (χ0) is 17.0. The number of aliphatic carboxylic acids is 1. The number of nitrogens with one attached hydrogen (secondary N) is 1. The van der Waals surface area contributed by atoms with Gasteiger partial charge >= 0.3 is 5.97 Å². The zero-order valence-electron chi connectivity index (χ0n) is 12.9. The fraction of sp³-hybridized carbons (Fsp3) is 0.312. The Labute approximate surface area is 142 Å². The Hall–Kier alpha value is -2.15. The summed E-state index contributed by atoms with van der Waals surface area (Å²) in [4.78, 5) is 22.9. The lowest BCUT2D eigenvalue weighted by atomic mass is 10.1. The molecule has 1 aromatic heterocycles. The van der Waals surface area contributed by atoms with Crippen molar-refractivity contribution in [3.05, 3.63) is 46.2 Å². The van der Waals surface area contributed by atoms with E-state index in [1.54, 1.807) is 11.6 Å². The molecule has 6 nitrogen and oxygen atoms in total. The molecule has 7 heteroatoms. The molecule has 1 heterocycles. The number of hydrogen-bond acceptors (Lipinski definition) is 3. The minimum absolute atomic E-state index is 0.0264. The maximum Gasteiger partial charge on any atom is 0.303 e. The minimum Gasteiger partial charge on any atom is -0.481 e. The molecule has 1 aromatic carbocycles. The van der Waals surface area contributed by atoms with Gasteiger partial charge in [0.05, 0.1) is 23.1 Å². The predicted octanol–water partition coefficient (Wildman–Crippen LogP) is 2.93. The second-order valence-electron chi connectivity index (χ2n) is 5.34. The van der Waals surface area contributed by atoms with E-state index in [0.717, 1.165) is 15.9 Å². The first-order valence-electron chi connectivity index (χ1n) is 7.21. The number of carboxylic acid groups (broad SMARTS) is 1. The number of carbonyl (C=O) groups is 2. The molecule has 0 fully saturated rings. The Balaban J connectivity index is 2.10. The van der Waals surface area contributed by atoms with Crippen molar-refractivity contribution in [2.75, 3.05) is 0 Å². The van der Waals surface area contributed by atoms with Crippen molar-refractivity contribution >= 4 is 27.8 Å². The van der Waals surface area contributed by atoms with Gasteiger partial charge < -0.3 is 10.4 Å². The summed E-state index contributed by atoms with van der Waals surface area (Å²) >= 11 is 3.38. The van der Waals surface area contributed by atoms with Crippen LogP contribution in [0.4, 0.5) is 0 Å². The number of rotatable bonds is 6. The molecule has 0 aliphatic rings. The second-order valence-corrected chi connectivity index (χ2v) is 6.25. The van der Waals surface area contributed by atoms with Crippen molar-refractivity contribution in [3.8, 4) is 5.69 Å². The third kappa shape index (κ3) is 4.41. The van der Waals surface area contributed by atoms with Gasteiger partial charge in [0.1, 0.15) is 0 Å². The van der Waals surface area contributed by atoms with Gasteiger partial charge in [-0.3, -0.25) is 9.59 Å². The summed E-state index contributed by atoms with van der Waals surface area (Å²) in [6.07, 6.45) is 1.94. The maximum absolute atomic E-state index is 12.3. The highest BCUT2D eigenvalue weighted by Gasteiger charge is 2.17. The van der Waals surface area contributed by atoms with Crippen LogP contribution in [0.25, 0.3) is 5.69 Å². The summed E-state index contributed by atoms with van der Waals surface area (Å²) in [6.45, 7) is 3.61. The highest BCUT2D eigenvalue weighted by atomic mass is 79.9. The van der Waals surface area contributed by atoms with Crippen LogP contribution in [0, 0.1) is 6.92 Å². The lowest BCUT2D eigenvalue weighted by molar-refractivity contribution is -0.137. The Bertz CT molecular complexity index is 710. The molecule has 2 N–H and O–H groups in total. The van der Waals surface area contributed by atoms with E-state index in [2.05, 4.69) is 26.3 Å². The lowest BCUT2D eigenvalue weighted by Gasteiger charge is -2.12. The third-order valence-electron chi connectivity index (χ3n) is 3.49. The van der Waals surface area contributed by atoms with Gasteiger partial charge in [-0.2, -0.15) is 5.10 Å². The third-order valence-corrected chi connectivity index (χ3v) is 4.02. The topological polar surface area (TPSA) is 84.2 Å². The quantitative estimate of drug-likeness (QED) is 0.807. The van der Waals surface area contributed by atoms with E-state index < -0.39 is 5.97 Å². The van der Waals surface area contributed by atoms with Gasteiger partial charge in [0.15, 0.2) is 0 Å². The first-order chi connectivity index (χ1) is 10.9. The van der Waals surface area contributed by atoms with Crippen LogP contribution in [-0.4, -0.2) is 32.8 Å². The van der Waals surface area contributed by atoms with Crippen LogP contribution in [-0.2, 0) is 4.79 Å². The van der Waals surface area contributed by atoms with Crippen LogP contribution in [0.15, 0.2) is 34.9 Å². The Morgan fingerprint density at radius 3 is 2.61 bits per heavy atom. The Morgan fingerprint density at radius 1 is 1.35 bits per heavy atom. The van der Waals surface area contributed by atoms with Crippen LogP contribution in [0.1, 0.15) is 35.8 Å². The molecule has 122 valence electrons. The summed E-state index contributed by atoms with van der Waals surface area (Å²) in [5.74, 6) is -1.12. The molecule has 0 saturated carbocycles. The smallest absolute Gasteiger partial charge is 0.303 e. The van der Waals surface area contributed by atoms with Crippen LogP contribution >= 0.6 is 15.9 Å². The van der Waals surface area contributed by atoms with Crippen LogP contribution in [0.3, 0.4) is 0 Å². The van der Waals surface area contributed by atoms with Crippen molar-refractivity contribution in [1.29, 1.82) is 0 Å². The van der Waals surface area contributed by atoms with Crippen molar-refractivity contribution in [3.63, 3.8) is 0 Å². The molecule has 1 unspecified atom stereocenters. The number of amides is 1. The van der Waals surface area contributed by atoms with Gasteiger partial charge in [0.2, 0.25) is 0 Å². The molecule has 2 rings (SSSR count). The van der Waals surface area contributed by atoms with Gasteiger partial charge in [-0.05, 0) is 44.5 Å². The number of aromatic nitrogens is 2. The van der Waals surface area contributed by atoms with Crippen LogP contribution in [0.5, 0.6) is 0 Å². The van der Waals surface area contributed by atoms with Gasteiger partial charge in [-0.15, -0.1) is 0 Å². The number of hydrogen-bond donors (Lipinski definition) is 2. The maximum atomic E-state index is 12.3. The number of halogens is 1. The van der Waals surface area contributed by atoms with E-state index in [1.165, 1.54) is 6.20 Å². The lowest BCUT2D eigenvalue weighted by Crippen LogP contribution is -2.33. The molecule has 1 amide bonds. The molecule has 23 heavy (non-hydrogen) atoms. The van der Waals surface area contributed by atoms with Crippen molar-refractivity contribution < 1.29 is 14.7 Å². The van der Waals surface area contributed by atoms with E-state index in [-0.39, 0.29) is 18.4 Å². The second kappa shape index (κ2) is 7.41. The average Bonchev–Trinajstić information content (AvgIpc) is 2.88. The molecule has 0 aliphatic carbocycles. The van der Waals surface area contributed by atoms with E-state index in [9.17, 15) is 9.59 Å². The summed E-state index contributed by atoms with van der Waals surface area (Å²) in [5, 5.41) is 15.7. The summed E-state index contributed by atoms with van der Waals surface area (Å²) in [6, 6.07) is 7.41. The molecule has 2 aromatic rings. The summed E-state index contributed by atoms with van der Waals surface area (Å²) in [7, 11) is 0. The fourth-order valence-electron chi connectivity index (χ4n) is 2.19. The van der Waals surface area contributed by atoms with Crippen LogP contribution < -0.4 is 5.32 Å². The zero-order valence-corrected chi connectivity index (χ0v) is 14.5. The molecule has 1 atom stereocenters. The standard InChI is InChI=1S/C16H18BrN3O3/c1-10(3-8-15(21)22)19-16(23)14-9-18-20(11(14)2)13-6-4-12(17)5-7-13/h4-7,9-10H,3,8H2,1-2H3,(H,19,23)(H,21,22). The number of carbonyl (C=O) groups excluding carboxylic acids is 1. The normalized spacial score (nSPS) is 12.0. The van der Waals surface area contributed by atoms with Crippen LogP contribution in [0.2, 0.25) is 0 Å². The first kappa shape index (κ1) is 17.2. The number of carboxylic acids is 1. The molecule has 0 spiro atoms. The van der Waals surface area contributed by atoms with Gasteiger partial charge in [-0.1, -0.05) is 15.9 Å².